The number of aryl methyl sites for hydroxylation is 3. The van der Waals surface area contributed by atoms with E-state index in [9.17, 15) is 13.2 Å². The van der Waals surface area contributed by atoms with Crippen LogP contribution in [0.25, 0.3) is 0 Å². The number of hydrogen-bond donors (Lipinski definition) is 2. The van der Waals surface area contributed by atoms with E-state index in [4.69, 9.17) is 4.98 Å². The summed E-state index contributed by atoms with van der Waals surface area (Å²) >= 11 is 1.80. The number of hydrogen-bond acceptors (Lipinski definition) is 5. The van der Waals surface area contributed by atoms with Gasteiger partial charge in [0.25, 0.3) is 5.91 Å². The molecule has 0 saturated heterocycles. The van der Waals surface area contributed by atoms with E-state index in [0.29, 0.717) is 12.1 Å². The molecule has 6 nitrogen and oxygen atoms in total. The molecule has 152 valence electrons. The Bertz CT molecular complexity index is 912. The van der Waals surface area contributed by atoms with Crippen LogP contribution in [0.3, 0.4) is 0 Å². The standard InChI is InChI=1S/C20H27N3O3S2/c1-14(2)23-28(25,26)16-8-5-7-15(13-16)20(24)21-12-6-11-19-22-17-9-3-4-10-18(17)27-19/h5,7-8,13-14,23H,3-4,6,9-12H2,1-2H3,(H,21,24). The third-order valence-electron chi connectivity index (χ3n) is 4.54. The van der Waals surface area contributed by atoms with E-state index >= 15 is 0 Å². The molecule has 0 atom stereocenters. The average molecular weight is 422 g/mol. The van der Waals surface area contributed by atoms with Crippen molar-refractivity contribution in [1.82, 2.24) is 15.0 Å². The highest BCUT2D eigenvalue weighted by Crippen LogP contribution is 2.27. The first-order valence-corrected chi connectivity index (χ1v) is 12.0. The number of aromatic nitrogens is 1. The molecule has 1 heterocycles. The number of thiazole rings is 1. The Labute approximate surface area is 170 Å². The minimum Gasteiger partial charge on any atom is -0.352 e. The summed E-state index contributed by atoms with van der Waals surface area (Å²) in [6, 6.07) is 5.90. The molecule has 2 aromatic rings. The van der Waals surface area contributed by atoms with E-state index in [0.717, 1.165) is 30.7 Å². The van der Waals surface area contributed by atoms with E-state index in [1.165, 1.54) is 35.5 Å². The fraction of sp³-hybridized carbons (Fsp3) is 0.500. The Morgan fingerprint density at radius 1 is 1.25 bits per heavy atom. The molecule has 28 heavy (non-hydrogen) atoms. The first-order valence-electron chi connectivity index (χ1n) is 9.73. The average Bonchev–Trinajstić information content (AvgIpc) is 3.07. The zero-order chi connectivity index (χ0) is 20.1. The number of rotatable bonds is 8. The van der Waals surface area contributed by atoms with Crippen molar-refractivity contribution in [3.05, 3.63) is 45.4 Å². The van der Waals surface area contributed by atoms with Gasteiger partial charge < -0.3 is 5.32 Å². The molecule has 0 bridgehead atoms. The van der Waals surface area contributed by atoms with E-state index in [1.807, 2.05) is 0 Å². The molecule has 3 rings (SSSR count). The van der Waals surface area contributed by atoms with Gasteiger partial charge in [0.05, 0.1) is 15.6 Å². The highest BCUT2D eigenvalue weighted by molar-refractivity contribution is 7.89. The Kier molecular flexibility index (Phi) is 6.85. The number of benzene rings is 1. The van der Waals surface area contributed by atoms with Crippen LogP contribution in [-0.4, -0.2) is 31.9 Å². The van der Waals surface area contributed by atoms with Crippen LogP contribution in [0.4, 0.5) is 0 Å². The Morgan fingerprint density at radius 2 is 2.04 bits per heavy atom. The number of nitrogens with one attached hydrogen (secondary N) is 2. The van der Waals surface area contributed by atoms with Crippen LogP contribution in [0.1, 0.15) is 59.0 Å². The molecular weight excluding hydrogens is 394 g/mol. The van der Waals surface area contributed by atoms with Gasteiger partial charge in [0, 0.05) is 29.4 Å². The number of amides is 1. The second kappa shape index (κ2) is 9.15. The van der Waals surface area contributed by atoms with Crippen molar-refractivity contribution >= 4 is 27.3 Å². The van der Waals surface area contributed by atoms with Crippen LogP contribution >= 0.6 is 11.3 Å². The monoisotopic (exact) mass is 421 g/mol. The molecule has 1 aromatic heterocycles. The summed E-state index contributed by atoms with van der Waals surface area (Å²) in [6.07, 6.45) is 6.39. The highest BCUT2D eigenvalue weighted by Gasteiger charge is 2.17. The summed E-state index contributed by atoms with van der Waals surface area (Å²) in [6.45, 7) is 4.05. The molecule has 1 aliphatic rings. The lowest BCUT2D eigenvalue weighted by Gasteiger charge is -2.11. The second-order valence-electron chi connectivity index (χ2n) is 7.35. The normalized spacial score (nSPS) is 14.1. The molecule has 0 radical (unpaired) electrons. The summed E-state index contributed by atoms with van der Waals surface area (Å²) in [5, 5.41) is 4.02. The molecular formula is C20H27N3O3S2. The van der Waals surface area contributed by atoms with Crippen LogP contribution in [0.2, 0.25) is 0 Å². The first kappa shape index (κ1) is 21.0. The van der Waals surface area contributed by atoms with Crippen LogP contribution in [-0.2, 0) is 29.3 Å². The zero-order valence-electron chi connectivity index (χ0n) is 16.3. The van der Waals surface area contributed by atoms with Crippen molar-refractivity contribution in [3.8, 4) is 0 Å². The van der Waals surface area contributed by atoms with Crippen molar-refractivity contribution in [2.45, 2.75) is 63.3 Å². The fourth-order valence-electron chi connectivity index (χ4n) is 3.24. The summed E-state index contributed by atoms with van der Waals surface area (Å²) in [7, 11) is -3.62. The van der Waals surface area contributed by atoms with Gasteiger partial charge in [-0.2, -0.15) is 0 Å². The lowest BCUT2D eigenvalue weighted by molar-refractivity contribution is 0.0953. The highest BCUT2D eigenvalue weighted by atomic mass is 32.2. The van der Waals surface area contributed by atoms with E-state index in [2.05, 4.69) is 10.0 Å². The minimum absolute atomic E-state index is 0.0993. The van der Waals surface area contributed by atoms with Crippen molar-refractivity contribution in [2.24, 2.45) is 0 Å². The van der Waals surface area contributed by atoms with Gasteiger partial charge in [0.2, 0.25) is 10.0 Å². The SMILES string of the molecule is CC(C)NS(=O)(=O)c1cccc(C(=O)NCCCc2nc3c(s2)CCCC3)c1. The Balaban J connectivity index is 1.52. The zero-order valence-corrected chi connectivity index (χ0v) is 18.0. The Hall–Kier alpha value is -1.77. The van der Waals surface area contributed by atoms with Gasteiger partial charge in [0.1, 0.15) is 0 Å². The van der Waals surface area contributed by atoms with E-state index in [-0.39, 0.29) is 16.8 Å². The van der Waals surface area contributed by atoms with Crippen LogP contribution in [0.5, 0.6) is 0 Å². The van der Waals surface area contributed by atoms with Crippen molar-refractivity contribution in [2.75, 3.05) is 6.54 Å². The first-order chi connectivity index (χ1) is 13.3. The van der Waals surface area contributed by atoms with Gasteiger partial charge in [-0.05, 0) is 64.2 Å². The van der Waals surface area contributed by atoms with Gasteiger partial charge in [-0.3, -0.25) is 4.79 Å². The summed E-state index contributed by atoms with van der Waals surface area (Å²) in [5.41, 5.74) is 1.61. The molecule has 0 fully saturated rings. The largest absolute Gasteiger partial charge is 0.352 e. The maximum atomic E-state index is 12.4. The quantitative estimate of drug-likeness (QED) is 0.641. The summed E-state index contributed by atoms with van der Waals surface area (Å²) in [5.74, 6) is -0.264. The number of carbonyl (C=O) groups is 1. The predicted molar refractivity (Wildman–Crippen MR) is 111 cm³/mol. The van der Waals surface area contributed by atoms with Gasteiger partial charge in [-0.15, -0.1) is 11.3 Å². The summed E-state index contributed by atoms with van der Waals surface area (Å²) in [4.78, 5) is 18.6. The van der Waals surface area contributed by atoms with Gasteiger partial charge in [0.15, 0.2) is 0 Å². The fourth-order valence-corrected chi connectivity index (χ4v) is 5.73. The maximum Gasteiger partial charge on any atom is 0.251 e. The third kappa shape index (κ3) is 5.40. The minimum atomic E-state index is -3.62. The predicted octanol–water partition coefficient (Wildman–Crippen LogP) is 3.07. The number of carbonyl (C=O) groups excluding carboxylic acids is 1. The molecule has 1 amide bonds. The van der Waals surface area contributed by atoms with Gasteiger partial charge in [-0.1, -0.05) is 6.07 Å². The Morgan fingerprint density at radius 3 is 2.79 bits per heavy atom. The molecule has 0 spiro atoms. The molecule has 0 saturated carbocycles. The lowest BCUT2D eigenvalue weighted by Crippen LogP contribution is -2.30. The molecule has 2 N–H and O–H groups in total. The molecule has 1 aliphatic carbocycles. The number of fused-ring (bicyclic) bond motifs is 1. The topological polar surface area (TPSA) is 88.2 Å². The molecule has 1 aromatic carbocycles. The number of nitrogens with zero attached hydrogens (tertiary/aromatic N) is 1. The maximum absolute atomic E-state index is 12.4. The summed E-state index contributed by atoms with van der Waals surface area (Å²) < 4.78 is 27.1. The third-order valence-corrected chi connectivity index (χ3v) is 7.41. The van der Waals surface area contributed by atoms with Crippen molar-refractivity contribution < 1.29 is 13.2 Å². The van der Waals surface area contributed by atoms with Gasteiger partial charge >= 0.3 is 0 Å². The molecule has 0 aliphatic heterocycles. The molecule has 0 unspecified atom stereocenters. The van der Waals surface area contributed by atoms with Gasteiger partial charge in [-0.25, -0.2) is 18.1 Å². The smallest absolute Gasteiger partial charge is 0.251 e. The van der Waals surface area contributed by atoms with Crippen molar-refractivity contribution in [1.29, 1.82) is 0 Å². The van der Waals surface area contributed by atoms with Crippen LogP contribution in [0.15, 0.2) is 29.2 Å². The number of sulfonamides is 1. The van der Waals surface area contributed by atoms with Crippen molar-refractivity contribution in [3.63, 3.8) is 0 Å². The second-order valence-corrected chi connectivity index (χ2v) is 10.2. The molecule has 8 heteroatoms. The van der Waals surface area contributed by atoms with E-state index < -0.39 is 10.0 Å². The van der Waals surface area contributed by atoms with Crippen LogP contribution < -0.4 is 10.0 Å². The van der Waals surface area contributed by atoms with E-state index in [1.54, 1.807) is 37.3 Å². The lowest BCUT2D eigenvalue weighted by atomic mass is 10.0. The van der Waals surface area contributed by atoms with Crippen LogP contribution in [0, 0.1) is 0 Å².